The van der Waals surface area contributed by atoms with E-state index in [-0.39, 0.29) is 12.2 Å². The summed E-state index contributed by atoms with van der Waals surface area (Å²) in [7, 11) is 0. The van der Waals surface area contributed by atoms with E-state index in [1.165, 1.54) is 24.1 Å². The number of nitrogens with zero attached hydrogens (tertiary/aromatic N) is 1. The van der Waals surface area contributed by atoms with Crippen LogP contribution >= 0.6 is 11.3 Å². The normalized spacial score (nSPS) is 27.9. The molecule has 0 spiro atoms. The molecular formula is C17H26N2OS. The maximum atomic E-state index is 12.9. The van der Waals surface area contributed by atoms with E-state index in [0.717, 1.165) is 19.3 Å². The summed E-state index contributed by atoms with van der Waals surface area (Å²) in [5, 5.41) is 5.70. The molecule has 3 atom stereocenters. The molecule has 1 aromatic heterocycles. The summed E-state index contributed by atoms with van der Waals surface area (Å²) in [6, 6.07) is 4.60. The largest absolute Gasteiger partial charge is 0.318 e. The van der Waals surface area contributed by atoms with Gasteiger partial charge in [-0.25, -0.2) is 0 Å². The van der Waals surface area contributed by atoms with Crippen LogP contribution in [0, 0.1) is 5.92 Å². The molecule has 2 aliphatic rings. The van der Waals surface area contributed by atoms with Crippen molar-refractivity contribution >= 4 is 17.2 Å². The van der Waals surface area contributed by atoms with Gasteiger partial charge in [0.15, 0.2) is 0 Å². The molecule has 2 heterocycles. The Balaban J connectivity index is 1.79. The van der Waals surface area contributed by atoms with Crippen molar-refractivity contribution < 1.29 is 4.79 Å². The first-order valence-corrected chi connectivity index (χ1v) is 9.22. The Morgan fingerprint density at radius 2 is 2.29 bits per heavy atom. The number of unbranched alkanes of at least 4 members (excludes halogenated alkanes) is 1. The number of carbonyl (C=O) groups is 1. The van der Waals surface area contributed by atoms with Gasteiger partial charge in [0.05, 0.1) is 6.04 Å². The quantitative estimate of drug-likeness (QED) is 0.864. The Morgan fingerprint density at radius 3 is 2.86 bits per heavy atom. The first-order valence-electron chi connectivity index (χ1n) is 8.34. The van der Waals surface area contributed by atoms with Gasteiger partial charge in [-0.05, 0) is 43.6 Å². The fourth-order valence-electron chi connectivity index (χ4n) is 3.52. The van der Waals surface area contributed by atoms with Crippen molar-refractivity contribution in [2.24, 2.45) is 5.92 Å². The van der Waals surface area contributed by atoms with Gasteiger partial charge in [0.2, 0.25) is 5.91 Å². The van der Waals surface area contributed by atoms with Gasteiger partial charge in [-0.15, -0.1) is 11.3 Å². The molecule has 116 valence electrons. The monoisotopic (exact) mass is 306 g/mol. The number of thiophene rings is 1. The molecule has 0 bridgehead atoms. The smallest absolute Gasteiger partial charge is 0.241 e. The van der Waals surface area contributed by atoms with E-state index in [9.17, 15) is 4.79 Å². The SMILES string of the molecule is CCCCC1NC(c2cccs2)N(C(C)C2CCC2)C1=O. The summed E-state index contributed by atoms with van der Waals surface area (Å²) in [4.78, 5) is 16.3. The van der Waals surface area contributed by atoms with E-state index in [4.69, 9.17) is 0 Å². The summed E-state index contributed by atoms with van der Waals surface area (Å²) >= 11 is 1.75. The van der Waals surface area contributed by atoms with Crippen LogP contribution in [0.4, 0.5) is 0 Å². The van der Waals surface area contributed by atoms with E-state index in [1.54, 1.807) is 11.3 Å². The highest BCUT2D eigenvalue weighted by Crippen LogP contribution is 2.38. The minimum absolute atomic E-state index is 0.0135. The molecule has 0 aromatic carbocycles. The van der Waals surface area contributed by atoms with Crippen LogP contribution in [0.3, 0.4) is 0 Å². The van der Waals surface area contributed by atoms with Crippen molar-refractivity contribution in [1.82, 2.24) is 10.2 Å². The van der Waals surface area contributed by atoms with E-state index in [2.05, 4.69) is 41.6 Å². The lowest BCUT2D eigenvalue weighted by Crippen LogP contribution is -2.44. The molecule has 21 heavy (non-hydrogen) atoms. The molecular weight excluding hydrogens is 280 g/mol. The van der Waals surface area contributed by atoms with Crippen molar-refractivity contribution in [3.8, 4) is 0 Å². The highest BCUT2D eigenvalue weighted by Gasteiger charge is 2.44. The number of amides is 1. The van der Waals surface area contributed by atoms with E-state index >= 15 is 0 Å². The molecule has 3 rings (SSSR count). The molecule has 1 saturated carbocycles. The van der Waals surface area contributed by atoms with Crippen molar-refractivity contribution in [1.29, 1.82) is 0 Å². The average molecular weight is 306 g/mol. The second-order valence-corrected chi connectivity index (χ2v) is 7.44. The second-order valence-electron chi connectivity index (χ2n) is 6.46. The van der Waals surface area contributed by atoms with Gasteiger partial charge >= 0.3 is 0 Å². The summed E-state index contributed by atoms with van der Waals surface area (Å²) in [6.45, 7) is 4.43. The van der Waals surface area contributed by atoms with Crippen LogP contribution in [0.25, 0.3) is 0 Å². The van der Waals surface area contributed by atoms with Crippen LogP contribution in [-0.2, 0) is 4.79 Å². The molecule has 3 nitrogen and oxygen atoms in total. The molecule has 1 N–H and O–H groups in total. The number of carbonyl (C=O) groups excluding carboxylic acids is 1. The zero-order valence-electron chi connectivity index (χ0n) is 13.0. The minimum Gasteiger partial charge on any atom is -0.318 e. The van der Waals surface area contributed by atoms with Gasteiger partial charge in [-0.3, -0.25) is 10.1 Å². The molecule has 1 amide bonds. The number of rotatable bonds is 6. The Labute approximate surface area is 131 Å². The third-order valence-corrected chi connectivity index (χ3v) is 6.04. The van der Waals surface area contributed by atoms with Gasteiger partial charge < -0.3 is 4.90 Å². The maximum absolute atomic E-state index is 12.9. The topological polar surface area (TPSA) is 32.3 Å². The predicted molar refractivity (Wildman–Crippen MR) is 87.2 cm³/mol. The minimum atomic E-state index is 0.0135. The Hall–Kier alpha value is -0.870. The zero-order valence-corrected chi connectivity index (χ0v) is 13.9. The maximum Gasteiger partial charge on any atom is 0.241 e. The molecule has 1 saturated heterocycles. The van der Waals surface area contributed by atoms with Crippen LogP contribution in [-0.4, -0.2) is 22.9 Å². The van der Waals surface area contributed by atoms with Gasteiger partial charge in [0, 0.05) is 10.9 Å². The molecule has 1 aromatic rings. The first kappa shape index (κ1) is 15.0. The molecule has 1 aliphatic carbocycles. The Morgan fingerprint density at radius 1 is 1.48 bits per heavy atom. The average Bonchev–Trinajstić information content (AvgIpc) is 3.02. The van der Waals surface area contributed by atoms with Gasteiger partial charge in [0.1, 0.15) is 6.17 Å². The fraction of sp³-hybridized carbons (Fsp3) is 0.706. The Bertz CT molecular complexity index is 469. The van der Waals surface area contributed by atoms with Crippen molar-refractivity contribution in [2.75, 3.05) is 0 Å². The van der Waals surface area contributed by atoms with E-state index < -0.39 is 0 Å². The van der Waals surface area contributed by atoms with Crippen LogP contribution in [0.1, 0.15) is 63.4 Å². The highest BCUT2D eigenvalue weighted by atomic mass is 32.1. The second kappa shape index (κ2) is 6.49. The highest BCUT2D eigenvalue weighted by molar-refractivity contribution is 7.10. The predicted octanol–water partition coefficient (Wildman–Crippen LogP) is 3.93. The van der Waals surface area contributed by atoms with Crippen LogP contribution in [0.2, 0.25) is 0 Å². The number of hydrogen-bond donors (Lipinski definition) is 1. The lowest BCUT2D eigenvalue weighted by Gasteiger charge is -2.39. The molecule has 0 radical (unpaired) electrons. The van der Waals surface area contributed by atoms with E-state index in [1.807, 2.05) is 0 Å². The molecule has 3 unspecified atom stereocenters. The number of hydrogen-bond acceptors (Lipinski definition) is 3. The fourth-order valence-corrected chi connectivity index (χ4v) is 4.30. The molecule has 2 fully saturated rings. The lowest BCUT2D eigenvalue weighted by atomic mass is 9.79. The molecule has 4 heteroatoms. The summed E-state index contributed by atoms with van der Waals surface area (Å²) in [5.41, 5.74) is 0. The third kappa shape index (κ3) is 2.88. The van der Waals surface area contributed by atoms with Crippen molar-refractivity contribution in [3.05, 3.63) is 22.4 Å². The van der Waals surface area contributed by atoms with Gasteiger partial charge in [0.25, 0.3) is 0 Å². The van der Waals surface area contributed by atoms with Crippen molar-refractivity contribution in [3.63, 3.8) is 0 Å². The molecule has 1 aliphatic heterocycles. The Kier molecular flexibility index (Phi) is 4.65. The zero-order chi connectivity index (χ0) is 14.8. The lowest BCUT2D eigenvalue weighted by molar-refractivity contribution is -0.134. The van der Waals surface area contributed by atoms with Crippen LogP contribution < -0.4 is 5.32 Å². The van der Waals surface area contributed by atoms with Crippen molar-refractivity contribution in [2.45, 2.75) is 70.6 Å². The van der Waals surface area contributed by atoms with Gasteiger partial charge in [-0.1, -0.05) is 32.3 Å². The summed E-state index contributed by atoms with van der Waals surface area (Å²) in [6.07, 6.45) is 7.21. The number of nitrogens with one attached hydrogen (secondary N) is 1. The van der Waals surface area contributed by atoms with Gasteiger partial charge in [-0.2, -0.15) is 0 Å². The van der Waals surface area contributed by atoms with E-state index in [0.29, 0.717) is 17.9 Å². The van der Waals surface area contributed by atoms with Crippen LogP contribution in [0.15, 0.2) is 17.5 Å². The summed E-state index contributed by atoms with van der Waals surface area (Å²) < 4.78 is 0. The third-order valence-electron chi connectivity index (χ3n) is 5.12. The standard InChI is InChI=1S/C17H26N2OS/c1-3-4-9-14-17(20)19(12(2)13-7-5-8-13)16(18-14)15-10-6-11-21-15/h6,10-14,16,18H,3-5,7-9H2,1-2H3. The van der Waals surface area contributed by atoms with Crippen LogP contribution in [0.5, 0.6) is 0 Å². The summed E-state index contributed by atoms with van der Waals surface area (Å²) in [5.74, 6) is 1.02. The first-order chi connectivity index (χ1) is 10.2.